The molecular weight excluding hydrogens is 310 g/mol. The van der Waals surface area contributed by atoms with E-state index in [-0.39, 0.29) is 6.04 Å². The highest BCUT2D eigenvalue weighted by Crippen LogP contribution is 2.28. The van der Waals surface area contributed by atoms with Crippen molar-refractivity contribution in [1.82, 2.24) is 4.90 Å². The third kappa shape index (κ3) is 3.91. The lowest BCUT2D eigenvalue weighted by molar-refractivity contribution is 0.181. The van der Waals surface area contributed by atoms with Crippen LogP contribution in [0.2, 0.25) is 0 Å². The van der Waals surface area contributed by atoms with Crippen LogP contribution >= 0.6 is 0 Å². The Balaban J connectivity index is 1.71. The molecule has 2 N–H and O–H groups in total. The minimum Gasteiger partial charge on any atom is -0.497 e. The normalized spacial score (nSPS) is 21.7. The molecule has 5 heteroatoms. The molecule has 0 amide bonds. The zero-order valence-corrected chi connectivity index (χ0v) is 13.7. The van der Waals surface area contributed by atoms with Gasteiger partial charge in [0.2, 0.25) is 0 Å². The van der Waals surface area contributed by atoms with Crippen LogP contribution in [0.3, 0.4) is 0 Å². The molecule has 1 saturated heterocycles. The summed E-state index contributed by atoms with van der Waals surface area (Å²) in [5, 5.41) is 0. The zero-order valence-electron chi connectivity index (χ0n) is 13.7. The Morgan fingerprint density at radius 1 is 1.08 bits per heavy atom. The summed E-state index contributed by atoms with van der Waals surface area (Å²) in [6.45, 7) is 2.17. The van der Waals surface area contributed by atoms with E-state index in [0.717, 1.165) is 30.8 Å². The van der Waals surface area contributed by atoms with Gasteiger partial charge in [-0.1, -0.05) is 18.2 Å². The average molecular weight is 332 g/mol. The van der Waals surface area contributed by atoms with Gasteiger partial charge in [-0.15, -0.1) is 0 Å². The maximum Gasteiger partial charge on any atom is 0.159 e. The van der Waals surface area contributed by atoms with Crippen molar-refractivity contribution in [2.45, 2.75) is 24.9 Å². The van der Waals surface area contributed by atoms with Crippen molar-refractivity contribution in [1.29, 1.82) is 0 Å². The van der Waals surface area contributed by atoms with E-state index in [2.05, 4.69) is 17.0 Å². The van der Waals surface area contributed by atoms with Crippen molar-refractivity contribution in [2.24, 2.45) is 5.73 Å². The van der Waals surface area contributed by atoms with E-state index in [1.165, 1.54) is 17.7 Å². The predicted octanol–water partition coefficient (Wildman–Crippen LogP) is 3.29. The molecule has 128 valence electrons. The Morgan fingerprint density at radius 2 is 1.83 bits per heavy atom. The summed E-state index contributed by atoms with van der Waals surface area (Å²) in [7, 11) is 1.65. The molecule has 3 rings (SSSR count). The van der Waals surface area contributed by atoms with E-state index in [1.54, 1.807) is 13.2 Å². The molecule has 1 aliphatic rings. The smallest absolute Gasteiger partial charge is 0.159 e. The van der Waals surface area contributed by atoms with E-state index >= 15 is 0 Å². The summed E-state index contributed by atoms with van der Waals surface area (Å²) in [4.78, 5) is 2.20. The monoisotopic (exact) mass is 332 g/mol. The van der Waals surface area contributed by atoms with Gasteiger partial charge in [0.1, 0.15) is 5.75 Å². The van der Waals surface area contributed by atoms with Crippen molar-refractivity contribution in [3.8, 4) is 5.75 Å². The first-order valence-electron chi connectivity index (χ1n) is 8.11. The fourth-order valence-electron chi connectivity index (χ4n) is 3.38. The first-order valence-corrected chi connectivity index (χ1v) is 8.11. The Bertz CT molecular complexity index is 690. The zero-order chi connectivity index (χ0) is 17.1. The molecular formula is C19H22F2N2O. The molecule has 0 aromatic heterocycles. The number of ether oxygens (including phenoxy) is 1. The summed E-state index contributed by atoms with van der Waals surface area (Å²) in [5.74, 6) is -0.465. The van der Waals surface area contributed by atoms with Crippen LogP contribution in [0.4, 0.5) is 8.78 Å². The fourth-order valence-corrected chi connectivity index (χ4v) is 3.38. The second-order valence-corrected chi connectivity index (χ2v) is 6.41. The molecule has 2 aromatic rings. The Kier molecular flexibility index (Phi) is 5.11. The number of rotatable bonds is 4. The standard InChI is InChI=1S/C19H22F2N2O/c1-24-17-5-3-14(4-6-17)15-9-16(22)12-23(11-15)10-13-2-7-18(20)19(21)8-13/h2-8,15-16H,9-12,22H2,1H3. The number of likely N-dealkylation sites (tertiary alicyclic amines) is 1. The van der Waals surface area contributed by atoms with Crippen molar-refractivity contribution in [2.75, 3.05) is 20.2 Å². The van der Waals surface area contributed by atoms with Gasteiger partial charge < -0.3 is 10.5 Å². The number of halogens is 2. The van der Waals surface area contributed by atoms with Crippen LogP contribution in [-0.2, 0) is 6.54 Å². The average Bonchev–Trinajstić information content (AvgIpc) is 2.58. The summed E-state index contributed by atoms with van der Waals surface area (Å²) in [5.41, 5.74) is 8.20. The van der Waals surface area contributed by atoms with E-state index in [4.69, 9.17) is 10.5 Å². The third-order valence-corrected chi connectivity index (χ3v) is 4.54. The highest BCUT2D eigenvalue weighted by molar-refractivity contribution is 5.30. The van der Waals surface area contributed by atoms with Crippen LogP contribution in [-0.4, -0.2) is 31.1 Å². The lowest BCUT2D eigenvalue weighted by Crippen LogP contribution is -2.45. The highest BCUT2D eigenvalue weighted by Gasteiger charge is 2.26. The van der Waals surface area contributed by atoms with Crippen molar-refractivity contribution in [3.05, 3.63) is 65.2 Å². The lowest BCUT2D eigenvalue weighted by atomic mass is 9.88. The second-order valence-electron chi connectivity index (χ2n) is 6.41. The second kappa shape index (κ2) is 7.28. The lowest BCUT2D eigenvalue weighted by Gasteiger charge is -2.36. The van der Waals surface area contributed by atoms with E-state index in [9.17, 15) is 8.78 Å². The maximum absolute atomic E-state index is 13.4. The first kappa shape index (κ1) is 16.9. The van der Waals surface area contributed by atoms with Gasteiger partial charge in [0.15, 0.2) is 11.6 Å². The predicted molar refractivity (Wildman–Crippen MR) is 90.0 cm³/mol. The summed E-state index contributed by atoms with van der Waals surface area (Å²) in [6, 6.07) is 12.2. The molecule has 1 heterocycles. The van der Waals surface area contributed by atoms with Gasteiger partial charge in [0.05, 0.1) is 7.11 Å². The Hall–Kier alpha value is -1.98. The molecule has 2 aromatic carbocycles. The summed E-state index contributed by atoms with van der Waals surface area (Å²) >= 11 is 0. The number of benzene rings is 2. The number of nitrogens with two attached hydrogens (primary N) is 1. The summed E-state index contributed by atoms with van der Waals surface area (Å²) in [6.07, 6.45) is 0.917. The number of hydrogen-bond acceptors (Lipinski definition) is 3. The van der Waals surface area contributed by atoms with Crippen LogP contribution in [0.25, 0.3) is 0 Å². The summed E-state index contributed by atoms with van der Waals surface area (Å²) < 4.78 is 31.7. The minimum absolute atomic E-state index is 0.0659. The Morgan fingerprint density at radius 3 is 2.50 bits per heavy atom. The van der Waals surface area contributed by atoms with E-state index < -0.39 is 11.6 Å². The largest absolute Gasteiger partial charge is 0.497 e. The van der Waals surface area contributed by atoms with Gasteiger partial charge in [-0.05, 0) is 47.7 Å². The molecule has 24 heavy (non-hydrogen) atoms. The molecule has 0 spiro atoms. The Labute approximate surface area is 141 Å². The van der Waals surface area contributed by atoms with E-state index in [0.29, 0.717) is 12.5 Å². The minimum atomic E-state index is -0.815. The number of methoxy groups -OCH3 is 1. The van der Waals surface area contributed by atoms with Crippen molar-refractivity contribution < 1.29 is 13.5 Å². The van der Waals surface area contributed by atoms with Gasteiger partial charge in [0.25, 0.3) is 0 Å². The van der Waals surface area contributed by atoms with Gasteiger partial charge in [0, 0.05) is 25.7 Å². The fraction of sp³-hybridized carbons (Fsp3) is 0.368. The van der Waals surface area contributed by atoms with E-state index in [1.807, 2.05) is 12.1 Å². The molecule has 0 radical (unpaired) electrons. The molecule has 1 fully saturated rings. The maximum atomic E-state index is 13.4. The first-order chi connectivity index (χ1) is 11.5. The number of hydrogen-bond donors (Lipinski definition) is 1. The van der Waals surface area contributed by atoms with Crippen LogP contribution in [0.15, 0.2) is 42.5 Å². The molecule has 0 aliphatic carbocycles. The number of nitrogens with zero attached hydrogens (tertiary/aromatic N) is 1. The number of piperidine rings is 1. The van der Waals surface area contributed by atoms with Crippen LogP contribution < -0.4 is 10.5 Å². The SMILES string of the molecule is COc1ccc(C2CC(N)CN(Cc3ccc(F)c(F)c3)C2)cc1. The van der Waals surface area contributed by atoms with Crippen molar-refractivity contribution >= 4 is 0 Å². The topological polar surface area (TPSA) is 38.5 Å². The van der Waals surface area contributed by atoms with Crippen LogP contribution in [0, 0.1) is 11.6 Å². The molecule has 3 nitrogen and oxygen atoms in total. The molecule has 1 aliphatic heterocycles. The van der Waals surface area contributed by atoms with Crippen LogP contribution in [0.5, 0.6) is 5.75 Å². The van der Waals surface area contributed by atoms with Gasteiger partial charge >= 0.3 is 0 Å². The molecule has 2 unspecified atom stereocenters. The van der Waals surface area contributed by atoms with Crippen LogP contribution in [0.1, 0.15) is 23.5 Å². The van der Waals surface area contributed by atoms with Gasteiger partial charge in [-0.25, -0.2) is 8.78 Å². The molecule has 2 atom stereocenters. The molecule has 0 saturated carbocycles. The quantitative estimate of drug-likeness (QED) is 0.934. The van der Waals surface area contributed by atoms with Gasteiger partial charge in [-0.3, -0.25) is 4.90 Å². The highest BCUT2D eigenvalue weighted by atomic mass is 19.2. The van der Waals surface area contributed by atoms with Crippen molar-refractivity contribution in [3.63, 3.8) is 0 Å². The van der Waals surface area contributed by atoms with Gasteiger partial charge in [-0.2, -0.15) is 0 Å². The molecule has 0 bridgehead atoms. The third-order valence-electron chi connectivity index (χ3n) is 4.54.